The van der Waals surface area contributed by atoms with Crippen LogP contribution < -0.4 is 10.6 Å². The number of nitrogens with zero attached hydrogens (tertiary/aromatic N) is 1. The van der Waals surface area contributed by atoms with E-state index in [1.54, 1.807) is 26.8 Å². The van der Waals surface area contributed by atoms with Crippen molar-refractivity contribution in [3.63, 3.8) is 0 Å². The zero-order valence-electron chi connectivity index (χ0n) is 21.4. The lowest BCUT2D eigenvalue weighted by Gasteiger charge is -2.34. The van der Waals surface area contributed by atoms with E-state index in [0.29, 0.717) is 12.0 Å². The molecule has 0 heterocycles. The Morgan fingerprint density at radius 1 is 1.12 bits per heavy atom. The lowest BCUT2D eigenvalue weighted by Crippen LogP contribution is -2.53. The molecule has 0 fully saturated rings. The maximum absolute atomic E-state index is 13.8. The Hall–Kier alpha value is -2.83. The van der Waals surface area contributed by atoms with Gasteiger partial charge in [-0.25, -0.2) is 4.79 Å². The quantitative estimate of drug-likeness (QED) is 0.504. The van der Waals surface area contributed by atoms with Crippen LogP contribution in [0.3, 0.4) is 0 Å². The average molecular weight is 460 g/mol. The third kappa shape index (κ3) is 9.68. The highest BCUT2D eigenvalue weighted by atomic mass is 16.6. The van der Waals surface area contributed by atoms with Crippen molar-refractivity contribution in [2.24, 2.45) is 5.92 Å². The summed E-state index contributed by atoms with van der Waals surface area (Å²) in [7, 11) is 0. The molecule has 7 heteroatoms. The van der Waals surface area contributed by atoms with Gasteiger partial charge in [-0.2, -0.15) is 0 Å². The maximum Gasteiger partial charge on any atom is 0.408 e. The van der Waals surface area contributed by atoms with Gasteiger partial charge in [-0.3, -0.25) is 9.59 Å². The van der Waals surface area contributed by atoms with Crippen LogP contribution in [0, 0.1) is 12.8 Å². The van der Waals surface area contributed by atoms with Crippen molar-refractivity contribution < 1.29 is 19.1 Å². The van der Waals surface area contributed by atoms with Crippen LogP contribution in [-0.2, 0) is 14.3 Å². The molecule has 33 heavy (non-hydrogen) atoms. The first-order valence-corrected chi connectivity index (χ1v) is 11.5. The van der Waals surface area contributed by atoms with Crippen LogP contribution >= 0.6 is 0 Å². The second-order valence-electron chi connectivity index (χ2n) is 10.1. The van der Waals surface area contributed by atoms with Crippen LogP contribution in [0.5, 0.6) is 0 Å². The Kier molecular flexibility index (Phi) is 10.6. The number of benzene rings is 1. The van der Waals surface area contributed by atoms with Gasteiger partial charge in [-0.05, 0) is 59.4 Å². The number of alkyl carbamates (subject to hydrolysis) is 1. The Morgan fingerprint density at radius 2 is 1.76 bits per heavy atom. The summed E-state index contributed by atoms with van der Waals surface area (Å²) in [6, 6.07) is 5.71. The molecule has 3 amide bonds. The van der Waals surface area contributed by atoms with Crippen LogP contribution in [-0.4, -0.2) is 47.0 Å². The molecule has 0 radical (unpaired) electrons. The molecule has 0 aliphatic carbocycles. The van der Waals surface area contributed by atoms with Gasteiger partial charge in [-0.1, -0.05) is 49.8 Å². The third-order valence-electron chi connectivity index (χ3n) is 4.65. The zero-order chi connectivity index (χ0) is 25.3. The fourth-order valence-corrected chi connectivity index (χ4v) is 3.48. The van der Waals surface area contributed by atoms with E-state index >= 15 is 0 Å². The summed E-state index contributed by atoms with van der Waals surface area (Å²) in [5.41, 5.74) is 0.979. The normalized spacial score (nSPS) is 13.3. The lowest BCUT2D eigenvalue weighted by molar-refractivity contribution is -0.142. The van der Waals surface area contributed by atoms with Crippen molar-refractivity contribution in [1.29, 1.82) is 0 Å². The first-order chi connectivity index (χ1) is 15.2. The highest BCUT2D eigenvalue weighted by Gasteiger charge is 2.36. The van der Waals surface area contributed by atoms with Crippen LogP contribution in [0.2, 0.25) is 0 Å². The summed E-state index contributed by atoms with van der Waals surface area (Å²) in [5, 5.41) is 5.65. The van der Waals surface area contributed by atoms with Crippen LogP contribution in [0.1, 0.15) is 72.1 Å². The second-order valence-corrected chi connectivity index (χ2v) is 10.1. The third-order valence-corrected chi connectivity index (χ3v) is 4.65. The molecule has 0 saturated carbocycles. The summed E-state index contributed by atoms with van der Waals surface area (Å²) in [5.74, 6) is -0.521. The molecule has 0 bridgehead atoms. The predicted molar refractivity (Wildman–Crippen MR) is 132 cm³/mol. The molecule has 0 spiro atoms. The minimum atomic E-state index is -0.868. The average Bonchev–Trinajstić information content (AvgIpc) is 2.64. The number of aryl methyl sites for hydroxylation is 1. The van der Waals surface area contributed by atoms with Gasteiger partial charge in [0.15, 0.2) is 0 Å². The Bertz CT molecular complexity index is 827. The molecular formula is C26H41N3O4. The van der Waals surface area contributed by atoms with Gasteiger partial charge in [-0.15, -0.1) is 6.58 Å². The van der Waals surface area contributed by atoms with E-state index in [-0.39, 0.29) is 30.3 Å². The van der Waals surface area contributed by atoms with E-state index in [0.717, 1.165) is 5.56 Å². The summed E-state index contributed by atoms with van der Waals surface area (Å²) >= 11 is 0. The van der Waals surface area contributed by atoms with Gasteiger partial charge in [0.2, 0.25) is 11.8 Å². The van der Waals surface area contributed by atoms with Gasteiger partial charge in [0.1, 0.15) is 17.7 Å². The summed E-state index contributed by atoms with van der Waals surface area (Å²) in [4.78, 5) is 41.0. The zero-order valence-corrected chi connectivity index (χ0v) is 21.4. The number of ether oxygens (including phenoxy) is 1. The molecule has 0 aromatic heterocycles. The number of carbonyl (C=O) groups is 3. The molecule has 2 N–H and O–H groups in total. The van der Waals surface area contributed by atoms with Gasteiger partial charge in [0, 0.05) is 12.6 Å². The highest BCUT2D eigenvalue weighted by Crippen LogP contribution is 2.25. The Morgan fingerprint density at radius 3 is 2.24 bits per heavy atom. The molecule has 2 atom stereocenters. The van der Waals surface area contributed by atoms with Crippen molar-refractivity contribution in [3.8, 4) is 0 Å². The molecule has 0 saturated heterocycles. The first-order valence-electron chi connectivity index (χ1n) is 11.5. The smallest absolute Gasteiger partial charge is 0.408 e. The van der Waals surface area contributed by atoms with Crippen molar-refractivity contribution in [2.75, 3.05) is 6.54 Å². The van der Waals surface area contributed by atoms with Crippen molar-refractivity contribution in [2.45, 2.75) is 85.5 Å². The predicted octanol–water partition coefficient (Wildman–Crippen LogP) is 4.51. The van der Waals surface area contributed by atoms with Gasteiger partial charge < -0.3 is 20.3 Å². The molecule has 2 unspecified atom stereocenters. The molecule has 0 aliphatic rings. The molecule has 0 aliphatic heterocycles. The number of hydrogen-bond donors (Lipinski definition) is 2. The highest BCUT2D eigenvalue weighted by molar-refractivity contribution is 5.92. The summed E-state index contributed by atoms with van der Waals surface area (Å²) in [6.45, 7) is 18.8. The lowest BCUT2D eigenvalue weighted by atomic mass is 9.98. The van der Waals surface area contributed by atoms with Gasteiger partial charge >= 0.3 is 6.09 Å². The van der Waals surface area contributed by atoms with Crippen LogP contribution in [0.15, 0.2) is 36.9 Å². The van der Waals surface area contributed by atoms with E-state index in [1.807, 2.05) is 58.9 Å². The fraction of sp³-hybridized carbons (Fsp3) is 0.577. The summed E-state index contributed by atoms with van der Waals surface area (Å²) in [6.07, 6.45) is 1.32. The Labute approximate surface area is 198 Å². The number of amides is 3. The number of rotatable bonds is 10. The van der Waals surface area contributed by atoms with Crippen molar-refractivity contribution in [3.05, 3.63) is 48.0 Å². The van der Waals surface area contributed by atoms with Crippen molar-refractivity contribution >= 4 is 17.9 Å². The van der Waals surface area contributed by atoms with Gasteiger partial charge in [0.25, 0.3) is 0 Å². The first kappa shape index (κ1) is 28.2. The number of nitrogens with one attached hydrogen (secondary N) is 2. The molecule has 1 rings (SSSR count). The SMILES string of the molecule is C=CCN(C(=O)C(CC(C)C)NC(=O)OC(C)(C)C)C(C(=O)NC(C)C)c1cccc(C)c1. The maximum atomic E-state index is 13.8. The standard InChI is InChI=1S/C26H41N3O4/c1-10-14-29(22(23(30)27-18(4)5)20-13-11-12-19(6)16-20)24(31)21(15-17(2)3)28-25(32)33-26(7,8)9/h10-13,16-18,21-22H,1,14-15H2,2-9H3,(H,27,30)(H,28,32). The van der Waals surface area contributed by atoms with E-state index < -0.39 is 23.8 Å². The molecule has 1 aromatic carbocycles. The fourth-order valence-electron chi connectivity index (χ4n) is 3.48. The van der Waals surface area contributed by atoms with E-state index in [2.05, 4.69) is 17.2 Å². The van der Waals surface area contributed by atoms with Crippen LogP contribution in [0.4, 0.5) is 4.79 Å². The van der Waals surface area contributed by atoms with E-state index in [4.69, 9.17) is 4.74 Å². The van der Waals surface area contributed by atoms with E-state index in [9.17, 15) is 14.4 Å². The second kappa shape index (κ2) is 12.4. The minimum Gasteiger partial charge on any atom is -0.444 e. The molecular weight excluding hydrogens is 418 g/mol. The number of hydrogen-bond acceptors (Lipinski definition) is 4. The van der Waals surface area contributed by atoms with Gasteiger partial charge in [0.05, 0.1) is 0 Å². The topological polar surface area (TPSA) is 87.7 Å². The number of carbonyl (C=O) groups excluding carboxylic acids is 3. The van der Waals surface area contributed by atoms with E-state index in [1.165, 1.54) is 4.90 Å². The molecule has 1 aromatic rings. The van der Waals surface area contributed by atoms with Crippen molar-refractivity contribution in [1.82, 2.24) is 15.5 Å². The molecule has 184 valence electrons. The molecule has 7 nitrogen and oxygen atoms in total. The summed E-state index contributed by atoms with van der Waals surface area (Å²) < 4.78 is 5.38. The minimum absolute atomic E-state index is 0.100. The monoisotopic (exact) mass is 459 g/mol. The largest absolute Gasteiger partial charge is 0.444 e. The Balaban J connectivity index is 3.41. The van der Waals surface area contributed by atoms with Crippen LogP contribution in [0.25, 0.3) is 0 Å².